The number of rotatable bonds is 1. The lowest BCUT2D eigenvalue weighted by Crippen LogP contribution is -2.30. The molecule has 0 fully saturated rings. The van der Waals surface area contributed by atoms with Crippen molar-refractivity contribution < 1.29 is 9.48 Å². The molecule has 0 aliphatic carbocycles. The number of aryl methyl sites for hydroxylation is 1. The summed E-state index contributed by atoms with van der Waals surface area (Å²) in [5, 5.41) is 2.61. The molecule has 0 bridgehead atoms. The predicted molar refractivity (Wildman–Crippen MR) is 28.3 cm³/mol. The molecule has 0 saturated heterocycles. The molecule has 0 aliphatic rings. The van der Waals surface area contributed by atoms with E-state index >= 15 is 0 Å². The molecule has 3 N–H and O–H groups in total. The maximum Gasteiger partial charge on any atom is 0.340 e. The molecule has 0 spiro atoms. The first-order valence-corrected chi connectivity index (χ1v) is 2.40. The summed E-state index contributed by atoms with van der Waals surface area (Å²) in [6.45, 7) is 0. The minimum Gasteiger partial charge on any atom is -0.361 e. The molecule has 5 nitrogen and oxygen atoms in total. The van der Waals surface area contributed by atoms with Gasteiger partial charge in [-0.05, 0) is 4.98 Å². The number of nitrogens with zero attached hydrogens (tertiary/aromatic N) is 2. The van der Waals surface area contributed by atoms with Crippen molar-refractivity contribution in [1.82, 2.24) is 10.1 Å². The Labute approximate surface area is 51.5 Å². The average molecular weight is 127 g/mol. The topological polar surface area (TPSA) is 75.7 Å². The van der Waals surface area contributed by atoms with Gasteiger partial charge in [0.05, 0.1) is 0 Å². The molecule has 0 aliphatic heterocycles. The van der Waals surface area contributed by atoms with Gasteiger partial charge in [0.25, 0.3) is 0 Å². The minimum atomic E-state index is -0.546. The lowest BCUT2D eigenvalue weighted by Gasteiger charge is -1.76. The molecule has 48 valence electrons. The Balaban J connectivity index is 2.98. The van der Waals surface area contributed by atoms with Crippen LogP contribution >= 0.6 is 0 Å². The Hall–Kier alpha value is -1.39. The molecule has 1 amide bonds. The Morgan fingerprint density at radius 1 is 2.00 bits per heavy atom. The highest BCUT2D eigenvalue weighted by Crippen LogP contribution is 1.77. The molecule has 0 saturated carbocycles. The number of carbonyl (C=O) groups excluding carboxylic acids is 1. The molecule has 0 radical (unpaired) electrons. The smallest absolute Gasteiger partial charge is 0.340 e. The van der Waals surface area contributed by atoms with E-state index in [1.165, 1.54) is 6.33 Å². The standard InChI is InChI=1S/C4H6N4O/c1-8-2-6-4(7-8)3(5)9/h2H,1H3,(H2,5,9)/p+1. The van der Waals surface area contributed by atoms with Crippen molar-refractivity contribution in [1.29, 1.82) is 0 Å². The van der Waals surface area contributed by atoms with E-state index in [4.69, 9.17) is 5.73 Å². The van der Waals surface area contributed by atoms with E-state index < -0.39 is 5.91 Å². The second kappa shape index (κ2) is 1.85. The Bertz CT molecular complexity index is 228. The number of H-pyrrole nitrogens is 1. The molecule has 5 heteroatoms. The highest BCUT2D eigenvalue weighted by Gasteiger charge is 2.10. The van der Waals surface area contributed by atoms with Crippen molar-refractivity contribution in [2.75, 3.05) is 0 Å². The fourth-order valence-electron chi connectivity index (χ4n) is 0.488. The van der Waals surface area contributed by atoms with Crippen LogP contribution in [0, 0.1) is 0 Å². The zero-order valence-electron chi connectivity index (χ0n) is 4.96. The second-order valence-electron chi connectivity index (χ2n) is 1.68. The largest absolute Gasteiger partial charge is 0.361 e. The van der Waals surface area contributed by atoms with Crippen LogP contribution in [0.1, 0.15) is 10.6 Å². The normalized spacial score (nSPS) is 9.44. The first-order chi connectivity index (χ1) is 4.20. The van der Waals surface area contributed by atoms with Crippen LogP contribution in [0.4, 0.5) is 0 Å². The number of primary amides is 1. The quantitative estimate of drug-likeness (QED) is 0.443. The van der Waals surface area contributed by atoms with Crippen LogP contribution in [0.25, 0.3) is 0 Å². The van der Waals surface area contributed by atoms with Gasteiger partial charge in [-0.1, -0.05) is 0 Å². The summed E-state index contributed by atoms with van der Waals surface area (Å²) >= 11 is 0. The van der Waals surface area contributed by atoms with Gasteiger partial charge >= 0.3 is 18.1 Å². The number of hydrogen-bond acceptors (Lipinski definition) is 2. The lowest BCUT2D eigenvalue weighted by molar-refractivity contribution is -0.728. The first kappa shape index (κ1) is 5.74. The predicted octanol–water partition coefficient (Wildman–Crippen LogP) is -1.67. The van der Waals surface area contributed by atoms with Crippen LogP contribution in [-0.2, 0) is 7.05 Å². The fraction of sp³-hybridized carbons (Fsp3) is 0.250. The number of aromatic nitrogens is 3. The Morgan fingerprint density at radius 3 is 2.89 bits per heavy atom. The monoisotopic (exact) mass is 127 g/mol. The van der Waals surface area contributed by atoms with Crippen molar-refractivity contribution in [2.45, 2.75) is 0 Å². The van der Waals surface area contributed by atoms with Gasteiger partial charge in [0.15, 0.2) is 0 Å². The zero-order chi connectivity index (χ0) is 6.85. The van der Waals surface area contributed by atoms with Crippen LogP contribution in [0.5, 0.6) is 0 Å². The van der Waals surface area contributed by atoms with Crippen LogP contribution in [0.15, 0.2) is 6.33 Å². The highest BCUT2D eigenvalue weighted by molar-refractivity contribution is 5.88. The summed E-state index contributed by atoms with van der Waals surface area (Å²) in [4.78, 5) is 14.0. The van der Waals surface area contributed by atoms with Crippen molar-refractivity contribution in [3.05, 3.63) is 12.2 Å². The second-order valence-corrected chi connectivity index (χ2v) is 1.68. The summed E-state index contributed by atoms with van der Waals surface area (Å²) in [6.07, 6.45) is 1.47. The molecule has 0 atom stereocenters. The fourth-order valence-corrected chi connectivity index (χ4v) is 0.488. The first-order valence-electron chi connectivity index (χ1n) is 2.40. The number of nitrogens with two attached hydrogens (primary N) is 1. The number of hydrogen-bond donors (Lipinski definition) is 2. The zero-order valence-corrected chi connectivity index (χ0v) is 4.96. The number of nitrogens with one attached hydrogen (secondary N) is 1. The lowest BCUT2D eigenvalue weighted by atomic mass is 10.6. The van der Waals surface area contributed by atoms with Gasteiger partial charge in [-0.2, -0.15) is 9.78 Å². The van der Waals surface area contributed by atoms with Crippen LogP contribution in [-0.4, -0.2) is 16.0 Å². The molecule has 9 heavy (non-hydrogen) atoms. The van der Waals surface area contributed by atoms with E-state index in [0.717, 1.165) is 0 Å². The van der Waals surface area contributed by atoms with Crippen LogP contribution in [0.2, 0.25) is 0 Å². The molecule has 1 rings (SSSR count). The van der Waals surface area contributed by atoms with E-state index in [0.29, 0.717) is 0 Å². The van der Waals surface area contributed by atoms with Gasteiger partial charge in [-0.25, -0.2) is 0 Å². The van der Waals surface area contributed by atoms with E-state index in [1.807, 2.05) is 0 Å². The Kier molecular flexibility index (Phi) is 1.18. The van der Waals surface area contributed by atoms with Crippen molar-refractivity contribution in [3.8, 4) is 0 Å². The molecule has 0 aromatic carbocycles. The third-order valence-electron chi connectivity index (χ3n) is 0.876. The molecular formula is C4H7N4O+. The maximum absolute atomic E-state index is 10.3. The third kappa shape index (κ3) is 1.04. The van der Waals surface area contributed by atoms with Crippen molar-refractivity contribution in [2.24, 2.45) is 12.8 Å². The summed E-state index contributed by atoms with van der Waals surface area (Å²) in [5.41, 5.74) is 4.88. The molecule has 0 unspecified atom stereocenters. The van der Waals surface area contributed by atoms with Gasteiger partial charge in [0.2, 0.25) is 0 Å². The van der Waals surface area contributed by atoms with E-state index in [-0.39, 0.29) is 5.82 Å². The van der Waals surface area contributed by atoms with Crippen LogP contribution in [0.3, 0.4) is 0 Å². The summed E-state index contributed by atoms with van der Waals surface area (Å²) in [7, 11) is 1.72. The van der Waals surface area contributed by atoms with Gasteiger partial charge in [-0.15, -0.1) is 0 Å². The van der Waals surface area contributed by atoms with Gasteiger partial charge in [-0.3, -0.25) is 4.79 Å². The van der Waals surface area contributed by atoms with Gasteiger partial charge in [0.1, 0.15) is 7.05 Å². The van der Waals surface area contributed by atoms with Gasteiger partial charge < -0.3 is 5.73 Å². The minimum absolute atomic E-state index is 0.178. The van der Waals surface area contributed by atoms with E-state index in [9.17, 15) is 4.79 Å². The SMILES string of the molecule is C[n+]1cnc(C(N)=O)[nH]1. The number of amides is 1. The van der Waals surface area contributed by atoms with Crippen LogP contribution < -0.4 is 10.4 Å². The number of aromatic amines is 1. The summed E-state index contributed by atoms with van der Waals surface area (Å²) in [6, 6.07) is 0. The maximum atomic E-state index is 10.3. The molecular weight excluding hydrogens is 120 g/mol. The van der Waals surface area contributed by atoms with Gasteiger partial charge in [0, 0.05) is 0 Å². The highest BCUT2D eigenvalue weighted by atomic mass is 16.1. The van der Waals surface area contributed by atoms with E-state index in [2.05, 4.69) is 10.1 Å². The Morgan fingerprint density at radius 2 is 2.67 bits per heavy atom. The summed E-state index contributed by atoms with van der Waals surface area (Å²) in [5.74, 6) is -0.367. The van der Waals surface area contributed by atoms with Crippen molar-refractivity contribution >= 4 is 5.91 Å². The third-order valence-corrected chi connectivity index (χ3v) is 0.876. The molecule has 1 aromatic rings. The average Bonchev–Trinajstić information content (AvgIpc) is 2.14. The molecule has 1 heterocycles. The molecule has 1 aromatic heterocycles. The van der Waals surface area contributed by atoms with Crippen molar-refractivity contribution in [3.63, 3.8) is 0 Å². The number of carbonyl (C=O) groups is 1. The summed E-state index contributed by atoms with van der Waals surface area (Å²) < 4.78 is 1.54. The van der Waals surface area contributed by atoms with E-state index in [1.54, 1.807) is 11.7 Å².